The van der Waals surface area contributed by atoms with Crippen LogP contribution in [-0.4, -0.2) is 46.7 Å². The molecular formula is C23H30N4O2S. The predicted molar refractivity (Wildman–Crippen MR) is 122 cm³/mol. The first kappa shape index (κ1) is 22.2. The number of hydrogen-bond acceptors (Lipinski definition) is 6. The minimum absolute atomic E-state index is 0.571. The van der Waals surface area contributed by atoms with Crippen molar-refractivity contribution in [1.82, 2.24) is 19.7 Å². The largest absolute Gasteiger partial charge is 0.497 e. The lowest BCUT2D eigenvalue weighted by molar-refractivity contribution is 0.300. The third kappa shape index (κ3) is 5.55. The van der Waals surface area contributed by atoms with Gasteiger partial charge in [0.15, 0.2) is 11.0 Å². The minimum atomic E-state index is 0.571. The molecule has 0 saturated carbocycles. The molecule has 1 heterocycles. The molecule has 2 aromatic carbocycles. The van der Waals surface area contributed by atoms with E-state index in [0.29, 0.717) is 12.5 Å². The second-order valence-corrected chi connectivity index (χ2v) is 8.61. The van der Waals surface area contributed by atoms with Crippen molar-refractivity contribution in [3.05, 3.63) is 59.9 Å². The van der Waals surface area contributed by atoms with Crippen LogP contribution in [-0.2, 0) is 13.1 Å². The fourth-order valence-corrected chi connectivity index (χ4v) is 4.09. The average molecular weight is 427 g/mol. The van der Waals surface area contributed by atoms with Crippen LogP contribution < -0.4 is 9.47 Å². The molecule has 1 aromatic heterocycles. The summed E-state index contributed by atoms with van der Waals surface area (Å²) in [5.74, 6) is 4.16. The van der Waals surface area contributed by atoms with Gasteiger partial charge in [0, 0.05) is 23.9 Å². The fraction of sp³-hybridized carbons (Fsp3) is 0.391. The van der Waals surface area contributed by atoms with Gasteiger partial charge in [-0.25, -0.2) is 0 Å². The van der Waals surface area contributed by atoms with Gasteiger partial charge >= 0.3 is 0 Å². The summed E-state index contributed by atoms with van der Waals surface area (Å²) in [6.45, 7) is 5.83. The van der Waals surface area contributed by atoms with Gasteiger partial charge in [-0.05, 0) is 31.2 Å². The highest BCUT2D eigenvalue weighted by Crippen LogP contribution is 2.27. The number of hydrogen-bond donors (Lipinski definition) is 0. The molecule has 0 spiro atoms. The van der Waals surface area contributed by atoms with Gasteiger partial charge in [-0.3, -0.25) is 9.47 Å². The third-order valence-electron chi connectivity index (χ3n) is 4.60. The molecule has 160 valence electrons. The Morgan fingerprint density at radius 3 is 2.53 bits per heavy atom. The fourth-order valence-electron chi connectivity index (χ4n) is 3.17. The standard InChI is InChI=1S/C23H30N4O2S/c1-17(2)16-30-23-25-24-22(27(23)19-10-8-11-20(13-19)28-4)15-26(3)14-18-9-6-7-12-21(18)29-5/h6-13,17H,14-16H2,1-5H3. The molecule has 0 radical (unpaired) electrons. The van der Waals surface area contributed by atoms with Crippen molar-refractivity contribution in [2.24, 2.45) is 5.92 Å². The number of ether oxygens (including phenoxy) is 2. The van der Waals surface area contributed by atoms with E-state index in [-0.39, 0.29) is 0 Å². The van der Waals surface area contributed by atoms with Gasteiger partial charge in [0.2, 0.25) is 0 Å². The molecule has 0 aliphatic heterocycles. The van der Waals surface area contributed by atoms with E-state index in [2.05, 4.69) is 52.7 Å². The molecule has 0 bridgehead atoms. The van der Waals surface area contributed by atoms with Crippen LogP contribution in [0.5, 0.6) is 11.5 Å². The molecule has 0 N–H and O–H groups in total. The number of thioether (sulfide) groups is 1. The highest BCUT2D eigenvalue weighted by molar-refractivity contribution is 7.99. The summed E-state index contributed by atoms with van der Waals surface area (Å²) in [5, 5.41) is 9.93. The smallest absolute Gasteiger partial charge is 0.195 e. The summed E-state index contributed by atoms with van der Waals surface area (Å²) in [7, 11) is 5.47. The van der Waals surface area contributed by atoms with Crippen LogP contribution >= 0.6 is 11.8 Å². The van der Waals surface area contributed by atoms with Crippen LogP contribution in [0, 0.1) is 5.92 Å². The van der Waals surface area contributed by atoms with Crippen molar-refractivity contribution in [2.75, 3.05) is 27.0 Å². The summed E-state index contributed by atoms with van der Waals surface area (Å²) in [6.07, 6.45) is 0. The zero-order chi connectivity index (χ0) is 21.5. The number of rotatable bonds is 10. The Hall–Kier alpha value is -2.51. The van der Waals surface area contributed by atoms with Gasteiger partial charge in [0.1, 0.15) is 11.5 Å². The zero-order valence-corrected chi connectivity index (χ0v) is 19.1. The summed E-state index contributed by atoms with van der Waals surface area (Å²) in [6, 6.07) is 16.1. The van der Waals surface area contributed by atoms with Gasteiger partial charge < -0.3 is 9.47 Å². The number of nitrogens with zero attached hydrogens (tertiary/aromatic N) is 4. The minimum Gasteiger partial charge on any atom is -0.497 e. The van der Waals surface area contributed by atoms with E-state index >= 15 is 0 Å². The first-order valence-electron chi connectivity index (χ1n) is 10.0. The monoisotopic (exact) mass is 426 g/mol. The van der Waals surface area contributed by atoms with Gasteiger partial charge in [-0.1, -0.05) is 49.9 Å². The molecule has 0 fully saturated rings. The molecule has 0 aliphatic rings. The molecule has 3 rings (SSSR count). The normalized spacial score (nSPS) is 11.3. The predicted octanol–water partition coefficient (Wildman–Crippen LogP) is 4.66. The summed E-state index contributed by atoms with van der Waals surface area (Å²) in [4.78, 5) is 2.22. The van der Waals surface area contributed by atoms with E-state index in [0.717, 1.165) is 46.0 Å². The van der Waals surface area contributed by atoms with Crippen molar-refractivity contribution >= 4 is 11.8 Å². The Labute approximate surface area is 183 Å². The van der Waals surface area contributed by atoms with Crippen LogP contribution in [0.25, 0.3) is 5.69 Å². The maximum Gasteiger partial charge on any atom is 0.195 e. The first-order chi connectivity index (χ1) is 14.5. The number of aromatic nitrogens is 3. The van der Waals surface area contributed by atoms with E-state index in [1.54, 1.807) is 26.0 Å². The molecule has 0 unspecified atom stereocenters. The molecule has 30 heavy (non-hydrogen) atoms. The summed E-state index contributed by atoms with van der Waals surface area (Å²) in [5.41, 5.74) is 2.15. The maximum atomic E-state index is 5.50. The molecule has 7 heteroatoms. The second-order valence-electron chi connectivity index (χ2n) is 7.62. The third-order valence-corrected chi connectivity index (χ3v) is 5.96. The highest BCUT2D eigenvalue weighted by Gasteiger charge is 2.17. The van der Waals surface area contributed by atoms with Crippen LogP contribution in [0.4, 0.5) is 0 Å². The Morgan fingerprint density at radius 1 is 1.00 bits per heavy atom. The van der Waals surface area contributed by atoms with E-state index in [1.807, 2.05) is 36.4 Å². The van der Waals surface area contributed by atoms with Crippen molar-refractivity contribution < 1.29 is 9.47 Å². The van der Waals surface area contributed by atoms with E-state index in [1.165, 1.54) is 0 Å². The molecule has 6 nitrogen and oxygen atoms in total. The van der Waals surface area contributed by atoms with Crippen molar-refractivity contribution in [3.8, 4) is 17.2 Å². The van der Waals surface area contributed by atoms with Gasteiger partial charge in [0.25, 0.3) is 0 Å². The highest BCUT2D eigenvalue weighted by atomic mass is 32.2. The molecule has 0 amide bonds. The van der Waals surface area contributed by atoms with Crippen LogP contribution in [0.3, 0.4) is 0 Å². The van der Waals surface area contributed by atoms with Crippen LogP contribution in [0.15, 0.2) is 53.7 Å². The Bertz CT molecular complexity index is 958. The topological polar surface area (TPSA) is 52.4 Å². The Balaban J connectivity index is 1.87. The quantitative estimate of drug-likeness (QED) is 0.439. The van der Waals surface area contributed by atoms with E-state index in [9.17, 15) is 0 Å². The number of benzene rings is 2. The zero-order valence-electron chi connectivity index (χ0n) is 18.3. The number of methoxy groups -OCH3 is 2. The first-order valence-corrected chi connectivity index (χ1v) is 11.0. The number of para-hydroxylation sites is 1. The second kappa shape index (κ2) is 10.5. The van der Waals surface area contributed by atoms with E-state index < -0.39 is 0 Å². The average Bonchev–Trinajstić information content (AvgIpc) is 3.14. The summed E-state index contributed by atoms with van der Waals surface area (Å²) >= 11 is 1.73. The van der Waals surface area contributed by atoms with Crippen molar-refractivity contribution in [2.45, 2.75) is 32.1 Å². The van der Waals surface area contributed by atoms with Crippen molar-refractivity contribution in [3.63, 3.8) is 0 Å². The lowest BCUT2D eigenvalue weighted by Crippen LogP contribution is -2.20. The molecule has 0 aliphatic carbocycles. The lowest BCUT2D eigenvalue weighted by Gasteiger charge is -2.19. The molecular weight excluding hydrogens is 396 g/mol. The molecule has 3 aromatic rings. The van der Waals surface area contributed by atoms with Gasteiger partial charge in [0.05, 0.1) is 26.5 Å². The van der Waals surface area contributed by atoms with Crippen molar-refractivity contribution in [1.29, 1.82) is 0 Å². The van der Waals surface area contributed by atoms with Gasteiger partial charge in [-0.2, -0.15) is 0 Å². The van der Waals surface area contributed by atoms with Crippen LogP contribution in [0.2, 0.25) is 0 Å². The summed E-state index contributed by atoms with van der Waals surface area (Å²) < 4.78 is 13.1. The van der Waals surface area contributed by atoms with Crippen LogP contribution in [0.1, 0.15) is 25.2 Å². The molecule has 0 saturated heterocycles. The SMILES string of the molecule is COc1cccc(-n2c(CN(C)Cc3ccccc3OC)nnc2SCC(C)C)c1. The molecule has 0 atom stereocenters. The Kier molecular flexibility index (Phi) is 7.76. The van der Waals surface area contributed by atoms with Gasteiger partial charge in [-0.15, -0.1) is 10.2 Å². The Morgan fingerprint density at radius 2 is 1.80 bits per heavy atom. The lowest BCUT2D eigenvalue weighted by atomic mass is 10.2. The maximum absolute atomic E-state index is 5.50. The van der Waals surface area contributed by atoms with E-state index in [4.69, 9.17) is 9.47 Å².